The summed E-state index contributed by atoms with van der Waals surface area (Å²) in [5.74, 6) is -0.711. The van der Waals surface area contributed by atoms with Gasteiger partial charge in [-0.3, -0.25) is 0 Å². The number of benzene rings is 2. The molecule has 0 aliphatic carbocycles. The Kier molecular flexibility index (Phi) is 5.53. The van der Waals surface area contributed by atoms with Gasteiger partial charge in [0.25, 0.3) is 0 Å². The van der Waals surface area contributed by atoms with Crippen LogP contribution < -0.4 is 0 Å². The summed E-state index contributed by atoms with van der Waals surface area (Å²) in [6.07, 6.45) is 3.77. The minimum atomic E-state index is -0.355. The molecule has 0 saturated heterocycles. The van der Waals surface area contributed by atoms with Gasteiger partial charge in [-0.2, -0.15) is 0 Å². The van der Waals surface area contributed by atoms with Crippen molar-refractivity contribution in [3.63, 3.8) is 0 Å². The topological polar surface area (TPSA) is 52.6 Å². The number of esters is 2. The van der Waals surface area contributed by atoms with Gasteiger partial charge in [0.05, 0.1) is 25.3 Å². The van der Waals surface area contributed by atoms with E-state index in [-0.39, 0.29) is 11.9 Å². The van der Waals surface area contributed by atoms with Crippen molar-refractivity contribution >= 4 is 24.1 Å². The maximum Gasteiger partial charge on any atom is 0.338 e. The zero-order chi connectivity index (χ0) is 17.7. The molecule has 0 aromatic heterocycles. The Labute approximate surface area is 141 Å². The molecule has 4 nitrogen and oxygen atoms in total. The summed E-state index contributed by atoms with van der Waals surface area (Å²) in [7, 11) is 2.73. The number of hydrogen-bond acceptors (Lipinski definition) is 4. The predicted molar refractivity (Wildman–Crippen MR) is 94.0 cm³/mol. The average Bonchev–Trinajstić information content (AvgIpc) is 2.60. The number of carbonyl (C=O) groups is 2. The summed E-state index contributed by atoms with van der Waals surface area (Å²) in [5, 5.41) is 0. The molecule has 24 heavy (non-hydrogen) atoms. The Morgan fingerprint density at radius 1 is 0.750 bits per heavy atom. The van der Waals surface area contributed by atoms with Gasteiger partial charge in [0.1, 0.15) is 0 Å². The quantitative estimate of drug-likeness (QED) is 0.629. The third kappa shape index (κ3) is 3.90. The second-order valence-corrected chi connectivity index (χ2v) is 5.47. The smallest absolute Gasteiger partial charge is 0.338 e. The second-order valence-electron chi connectivity index (χ2n) is 5.47. The van der Waals surface area contributed by atoms with Gasteiger partial charge < -0.3 is 9.47 Å². The minimum absolute atomic E-state index is 0.355. The monoisotopic (exact) mass is 324 g/mol. The van der Waals surface area contributed by atoms with Crippen LogP contribution in [0.15, 0.2) is 36.4 Å². The highest BCUT2D eigenvalue weighted by atomic mass is 16.5. The lowest BCUT2D eigenvalue weighted by molar-refractivity contribution is 0.0591. The van der Waals surface area contributed by atoms with Crippen LogP contribution in [0.4, 0.5) is 0 Å². The SMILES string of the molecule is COC(=O)c1cc(/C=C/c2ccc(C)c(C(=O)OC)c2)ccc1C. The van der Waals surface area contributed by atoms with Crippen molar-refractivity contribution in [3.8, 4) is 0 Å². The molecule has 2 aromatic carbocycles. The summed E-state index contributed by atoms with van der Waals surface area (Å²) in [5.41, 5.74) is 4.56. The van der Waals surface area contributed by atoms with Crippen LogP contribution in [-0.2, 0) is 9.47 Å². The number of methoxy groups -OCH3 is 2. The van der Waals surface area contributed by atoms with E-state index in [4.69, 9.17) is 9.47 Å². The first kappa shape index (κ1) is 17.5. The largest absolute Gasteiger partial charge is 0.465 e. The average molecular weight is 324 g/mol. The van der Waals surface area contributed by atoms with E-state index in [1.54, 1.807) is 12.1 Å². The predicted octanol–water partition coefficient (Wildman–Crippen LogP) is 4.05. The first-order valence-corrected chi connectivity index (χ1v) is 7.52. The van der Waals surface area contributed by atoms with Gasteiger partial charge in [0, 0.05) is 0 Å². The van der Waals surface area contributed by atoms with Crippen molar-refractivity contribution in [1.82, 2.24) is 0 Å². The van der Waals surface area contributed by atoms with Crippen molar-refractivity contribution < 1.29 is 19.1 Å². The first-order chi connectivity index (χ1) is 11.5. The molecule has 124 valence electrons. The van der Waals surface area contributed by atoms with Gasteiger partial charge in [-0.15, -0.1) is 0 Å². The number of ether oxygens (including phenoxy) is 2. The summed E-state index contributed by atoms with van der Waals surface area (Å²) in [4.78, 5) is 23.5. The number of hydrogen-bond donors (Lipinski definition) is 0. The molecule has 0 fully saturated rings. The van der Waals surface area contributed by atoms with Crippen LogP contribution in [0.25, 0.3) is 12.2 Å². The molecule has 0 unspecified atom stereocenters. The van der Waals surface area contributed by atoms with E-state index in [1.807, 2.05) is 50.3 Å². The van der Waals surface area contributed by atoms with Crippen LogP contribution in [0.5, 0.6) is 0 Å². The lowest BCUT2D eigenvalue weighted by Gasteiger charge is -2.06. The molecule has 0 atom stereocenters. The molecular weight excluding hydrogens is 304 g/mol. The van der Waals surface area contributed by atoms with E-state index in [0.29, 0.717) is 11.1 Å². The summed E-state index contributed by atoms with van der Waals surface area (Å²) >= 11 is 0. The van der Waals surface area contributed by atoms with Gasteiger partial charge in [0.15, 0.2) is 0 Å². The van der Waals surface area contributed by atoms with Crippen LogP contribution in [0.2, 0.25) is 0 Å². The molecule has 0 aliphatic heterocycles. The Morgan fingerprint density at radius 3 is 1.46 bits per heavy atom. The van der Waals surface area contributed by atoms with Crippen molar-refractivity contribution in [2.24, 2.45) is 0 Å². The molecule has 2 rings (SSSR count). The molecule has 0 spiro atoms. The highest BCUT2D eigenvalue weighted by Gasteiger charge is 2.10. The van der Waals surface area contributed by atoms with E-state index in [2.05, 4.69) is 0 Å². The molecule has 0 aliphatic rings. The molecule has 0 saturated carbocycles. The first-order valence-electron chi connectivity index (χ1n) is 7.52. The molecular formula is C20H20O4. The summed E-state index contributed by atoms with van der Waals surface area (Å²) < 4.78 is 9.58. The van der Waals surface area contributed by atoms with Crippen LogP contribution >= 0.6 is 0 Å². The van der Waals surface area contributed by atoms with E-state index in [0.717, 1.165) is 22.3 Å². The molecule has 0 N–H and O–H groups in total. The van der Waals surface area contributed by atoms with Gasteiger partial charge in [-0.05, 0) is 48.2 Å². The Morgan fingerprint density at radius 2 is 1.12 bits per heavy atom. The molecule has 0 heterocycles. The van der Waals surface area contributed by atoms with E-state index >= 15 is 0 Å². The maximum absolute atomic E-state index is 11.8. The number of aryl methyl sites for hydroxylation is 2. The standard InChI is InChI=1S/C20H20O4/c1-13-5-7-15(11-17(13)19(21)23-3)9-10-16-8-6-14(2)18(12-16)20(22)24-4/h5-12H,1-4H3/b10-9+. The van der Waals surface area contributed by atoms with Crippen molar-refractivity contribution in [2.75, 3.05) is 14.2 Å². The zero-order valence-electron chi connectivity index (χ0n) is 14.3. The number of carbonyl (C=O) groups excluding carboxylic acids is 2. The van der Waals surface area contributed by atoms with E-state index < -0.39 is 0 Å². The van der Waals surface area contributed by atoms with Crippen LogP contribution in [0, 0.1) is 13.8 Å². The number of rotatable bonds is 4. The van der Waals surface area contributed by atoms with Crippen molar-refractivity contribution in [3.05, 3.63) is 69.8 Å². The van der Waals surface area contributed by atoms with Gasteiger partial charge in [0.2, 0.25) is 0 Å². The van der Waals surface area contributed by atoms with Gasteiger partial charge in [-0.1, -0.05) is 36.4 Å². The van der Waals surface area contributed by atoms with Crippen molar-refractivity contribution in [2.45, 2.75) is 13.8 Å². The normalized spacial score (nSPS) is 10.7. The molecule has 4 heteroatoms. The molecule has 0 amide bonds. The lowest BCUT2D eigenvalue weighted by Crippen LogP contribution is -2.04. The molecule has 0 radical (unpaired) electrons. The van der Waals surface area contributed by atoms with Gasteiger partial charge in [-0.25, -0.2) is 9.59 Å². The lowest BCUT2D eigenvalue weighted by atomic mass is 10.0. The van der Waals surface area contributed by atoms with E-state index in [9.17, 15) is 9.59 Å². The Balaban J connectivity index is 2.31. The van der Waals surface area contributed by atoms with Crippen LogP contribution in [0.1, 0.15) is 43.0 Å². The second kappa shape index (κ2) is 7.59. The third-order valence-electron chi connectivity index (χ3n) is 3.80. The Hall–Kier alpha value is -2.88. The third-order valence-corrected chi connectivity index (χ3v) is 3.80. The maximum atomic E-state index is 11.8. The summed E-state index contributed by atoms with van der Waals surface area (Å²) in [6.45, 7) is 3.73. The van der Waals surface area contributed by atoms with Crippen LogP contribution in [-0.4, -0.2) is 26.2 Å². The highest BCUT2D eigenvalue weighted by molar-refractivity contribution is 5.93. The minimum Gasteiger partial charge on any atom is -0.465 e. The molecule has 0 bridgehead atoms. The molecule has 2 aromatic rings. The zero-order valence-corrected chi connectivity index (χ0v) is 14.3. The fourth-order valence-electron chi connectivity index (χ4n) is 2.34. The summed E-state index contributed by atoms with van der Waals surface area (Å²) in [6, 6.07) is 11.2. The van der Waals surface area contributed by atoms with E-state index in [1.165, 1.54) is 14.2 Å². The van der Waals surface area contributed by atoms with Crippen LogP contribution in [0.3, 0.4) is 0 Å². The Bertz CT molecular complexity index is 736. The van der Waals surface area contributed by atoms with Crippen molar-refractivity contribution in [1.29, 1.82) is 0 Å². The highest BCUT2D eigenvalue weighted by Crippen LogP contribution is 2.17. The van der Waals surface area contributed by atoms with Gasteiger partial charge >= 0.3 is 11.9 Å². The fourth-order valence-corrected chi connectivity index (χ4v) is 2.34. The fraction of sp³-hybridized carbons (Fsp3) is 0.200.